The van der Waals surface area contributed by atoms with Crippen LogP contribution in [0.3, 0.4) is 0 Å². The first kappa shape index (κ1) is 22.6. The fourth-order valence-electron chi connectivity index (χ4n) is 4.69. The third-order valence-corrected chi connectivity index (χ3v) is 6.52. The zero-order valence-electron chi connectivity index (χ0n) is 19.4. The minimum atomic E-state index is 0.212. The number of H-pyrrole nitrogens is 1. The van der Waals surface area contributed by atoms with Gasteiger partial charge in [0.05, 0.1) is 13.7 Å². The van der Waals surface area contributed by atoms with Crippen LogP contribution < -0.4 is 9.47 Å². The molecule has 1 aliphatic heterocycles. The average Bonchev–Trinajstić information content (AvgIpc) is 3.11. The van der Waals surface area contributed by atoms with Crippen LogP contribution in [-0.2, 0) is 13.1 Å². The van der Waals surface area contributed by atoms with E-state index in [1.54, 1.807) is 7.11 Å². The first-order valence-corrected chi connectivity index (χ1v) is 11.6. The number of ether oxygens (including phenoxy) is 2. The molecule has 3 aromatic rings. The van der Waals surface area contributed by atoms with Crippen LogP contribution in [0.2, 0.25) is 0 Å². The van der Waals surface area contributed by atoms with Gasteiger partial charge in [0.15, 0.2) is 0 Å². The van der Waals surface area contributed by atoms with Gasteiger partial charge < -0.3 is 19.6 Å². The molecular weight excluding hydrogens is 402 g/mol. The van der Waals surface area contributed by atoms with Gasteiger partial charge in [0.25, 0.3) is 0 Å². The monoisotopic (exact) mass is 437 g/mol. The third-order valence-electron chi connectivity index (χ3n) is 6.52. The molecule has 4 rings (SSSR count). The van der Waals surface area contributed by atoms with Crippen molar-refractivity contribution in [2.45, 2.75) is 39.4 Å². The number of piperazine rings is 1. The fraction of sp³-hybridized carbons (Fsp3) is 0.462. The number of aryl methyl sites for hydroxylation is 1. The molecule has 0 amide bonds. The summed E-state index contributed by atoms with van der Waals surface area (Å²) in [6.07, 6.45) is 0.788. The summed E-state index contributed by atoms with van der Waals surface area (Å²) >= 11 is 0. The maximum Gasteiger partial charge on any atom is 0.119 e. The molecule has 0 spiro atoms. The van der Waals surface area contributed by atoms with E-state index in [0.29, 0.717) is 12.6 Å². The number of nitrogens with zero attached hydrogens (tertiary/aromatic N) is 2. The van der Waals surface area contributed by atoms with E-state index in [1.807, 2.05) is 25.1 Å². The minimum Gasteiger partial charge on any atom is -0.497 e. The summed E-state index contributed by atoms with van der Waals surface area (Å²) in [5.74, 6) is 1.80. The van der Waals surface area contributed by atoms with E-state index in [2.05, 4.69) is 46.0 Å². The number of benzene rings is 2. The zero-order valence-corrected chi connectivity index (χ0v) is 19.4. The Morgan fingerprint density at radius 1 is 1.06 bits per heavy atom. The summed E-state index contributed by atoms with van der Waals surface area (Å²) in [6.45, 7) is 9.82. The summed E-state index contributed by atoms with van der Waals surface area (Å²) in [7, 11) is 1.71. The molecule has 0 saturated carbocycles. The predicted molar refractivity (Wildman–Crippen MR) is 128 cm³/mol. The van der Waals surface area contributed by atoms with Crippen LogP contribution >= 0.6 is 0 Å². The molecule has 172 valence electrons. The topological polar surface area (TPSA) is 61.0 Å². The first-order valence-electron chi connectivity index (χ1n) is 11.6. The minimum absolute atomic E-state index is 0.212. The molecule has 1 fully saturated rings. The second-order valence-corrected chi connectivity index (χ2v) is 8.59. The van der Waals surface area contributed by atoms with Gasteiger partial charge in [-0.1, -0.05) is 12.1 Å². The van der Waals surface area contributed by atoms with Crippen molar-refractivity contribution in [3.05, 3.63) is 59.3 Å². The highest BCUT2D eigenvalue weighted by Gasteiger charge is 2.27. The molecule has 2 aromatic carbocycles. The van der Waals surface area contributed by atoms with Gasteiger partial charge in [0.2, 0.25) is 0 Å². The van der Waals surface area contributed by atoms with Crippen molar-refractivity contribution >= 4 is 10.9 Å². The predicted octanol–water partition coefficient (Wildman–Crippen LogP) is 3.95. The van der Waals surface area contributed by atoms with Gasteiger partial charge >= 0.3 is 0 Å². The summed E-state index contributed by atoms with van der Waals surface area (Å²) in [5, 5.41) is 10.9. The van der Waals surface area contributed by atoms with E-state index in [-0.39, 0.29) is 6.61 Å². The SMILES string of the molecule is CCOc1ccc(CN2CCN(Cc3[nH]c4ccc(OC)cc4c3C)C[C@@H]2CCO)cc1. The lowest BCUT2D eigenvalue weighted by atomic mass is 10.1. The Bertz CT molecular complexity index is 1020. The fourth-order valence-corrected chi connectivity index (χ4v) is 4.69. The number of fused-ring (bicyclic) bond motifs is 1. The number of aromatic amines is 1. The van der Waals surface area contributed by atoms with E-state index < -0.39 is 0 Å². The van der Waals surface area contributed by atoms with Crippen LogP contribution in [0.15, 0.2) is 42.5 Å². The van der Waals surface area contributed by atoms with Gasteiger partial charge in [-0.3, -0.25) is 9.80 Å². The maximum absolute atomic E-state index is 9.68. The Morgan fingerprint density at radius 2 is 1.84 bits per heavy atom. The van der Waals surface area contributed by atoms with Gasteiger partial charge in [0, 0.05) is 62.0 Å². The van der Waals surface area contributed by atoms with E-state index in [1.165, 1.54) is 22.2 Å². The van der Waals surface area contributed by atoms with E-state index >= 15 is 0 Å². The molecule has 32 heavy (non-hydrogen) atoms. The molecular formula is C26H35N3O3. The Labute approximate surface area is 190 Å². The van der Waals surface area contributed by atoms with E-state index in [9.17, 15) is 5.11 Å². The van der Waals surface area contributed by atoms with E-state index in [0.717, 1.165) is 56.2 Å². The molecule has 6 nitrogen and oxygen atoms in total. The number of aliphatic hydroxyl groups excluding tert-OH is 1. The number of hydrogen-bond donors (Lipinski definition) is 2. The van der Waals surface area contributed by atoms with Gasteiger partial charge in [-0.05, 0) is 61.7 Å². The van der Waals surface area contributed by atoms with Gasteiger partial charge in [-0.15, -0.1) is 0 Å². The number of nitrogens with one attached hydrogen (secondary N) is 1. The van der Waals surface area contributed by atoms with Crippen molar-refractivity contribution in [1.82, 2.24) is 14.8 Å². The maximum atomic E-state index is 9.68. The molecule has 0 bridgehead atoms. The van der Waals surface area contributed by atoms with Crippen LogP contribution in [-0.4, -0.2) is 65.9 Å². The Kier molecular flexibility index (Phi) is 7.35. The first-order chi connectivity index (χ1) is 15.6. The van der Waals surface area contributed by atoms with Crippen LogP contribution in [0, 0.1) is 6.92 Å². The van der Waals surface area contributed by atoms with Crippen LogP contribution in [0.1, 0.15) is 30.2 Å². The molecule has 1 aliphatic rings. The average molecular weight is 438 g/mol. The number of rotatable bonds is 9. The molecule has 2 heterocycles. The van der Waals surface area contributed by atoms with Gasteiger partial charge in [-0.25, -0.2) is 0 Å². The molecule has 6 heteroatoms. The highest BCUT2D eigenvalue weighted by molar-refractivity contribution is 5.85. The summed E-state index contributed by atoms with van der Waals surface area (Å²) in [6, 6.07) is 14.9. The van der Waals surface area contributed by atoms with Crippen molar-refractivity contribution in [2.75, 3.05) is 40.0 Å². The molecule has 0 radical (unpaired) electrons. The normalized spacial score (nSPS) is 17.7. The summed E-state index contributed by atoms with van der Waals surface area (Å²) in [4.78, 5) is 8.61. The summed E-state index contributed by atoms with van der Waals surface area (Å²) < 4.78 is 11.0. The quantitative estimate of drug-likeness (QED) is 0.531. The highest BCUT2D eigenvalue weighted by atomic mass is 16.5. The molecule has 1 atom stereocenters. The number of aromatic nitrogens is 1. The molecule has 0 aliphatic carbocycles. The lowest BCUT2D eigenvalue weighted by molar-refractivity contribution is 0.0494. The molecule has 0 unspecified atom stereocenters. The van der Waals surface area contributed by atoms with Crippen LogP contribution in [0.5, 0.6) is 11.5 Å². The van der Waals surface area contributed by atoms with Crippen LogP contribution in [0.4, 0.5) is 0 Å². The smallest absolute Gasteiger partial charge is 0.119 e. The Balaban J connectivity index is 1.42. The Morgan fingerprint density at radius 3 is 2.56 bits per heavy atom. The third kappa shape index (κ3) is 5.09. The van der Waals surface area contributed by atoms with Crippen molar-refractivity contribution in [2.24, 2.45) is 0 Å². The van der Waals surface area contributed by atoms with Crippen LogP contribution in [0.25, 0.3) is 10.9 Å². The van der Waals surface area contributed by atoms with Gasteiger partial charge in [0.1, 0.15) is 11.5 Å². The number of aliphatic hydroxyl groups is 1. The van der Waals surface area contributed by atoms with Crippen molar-refractivity contribution in [1.29, 1.82) is 0 Å². The lowest BCUT2D eigenvalue weighted by Gasteiger charge is -2.41. The highest BCUT2D eigenvalue weighted by Crippen LogP contribution is 2.27. The lowest BCUT2D eigenvalue weighted by Crippen LogP contribution is -2.52. The number of hydrogen-bond acceptors (Lipinski definition) is 5. The molecule has 2 N–H and O–H groups in total. The van der Waals surface area contributed by atoms with Gasteiger partial charge in [-0.2, -0.15) is 0 Å². The molecule has 1 aromatic heterocycles. The largest absolute Gasteiger partial charge is 0.497 e. The number of methoxy groups -OCH3 is 1. The Hall–Kier alpha value is -2.54. The zero-order chi connectivity index (χ0) is 22.5. The van der Waals surface area contributed by atoms with Crippen molar-refractivity contribution in [3.8, 4) is 11.5 Å². The standard InChI is InChI=1S/C26H35N3O3/c1-4-32-22-7-5-20(6-8-22)16-29-13-12-28(17-21(29)11-14-30)18-26-19(2)24-15-23(31-3)9-10-25(24)27-26/h5-10,15,21,27,30H,4,11-14,16-18H2,1-3H3/t21-/m0/s1. The van der Waals surface area contributed by atoms with E-state index in [4.69, 9.17) is 9.47 Å². The second kappa shape index (κ2) is 10.4. The summed E-state index contributed by atoms with van der Waals surface area (Å²) in [5.41, 5.74) is 4.98. The van der Waals surface area contributed by atoms with Crippen molar-refractivity contribution in [3.63, 3.8) is 0 Å². The molecule has 1 saturated heterocycles. The van der Waals surface area contributed by atoms with Crippen molar-refractivity contribution < 1.29 is 14.6 Å². The second-order valence-electron chi connectivity index (χ2n) is 8.59.